The van der Waals surface area contributed by atoms with E-state index < -0.39 is 0 Å². The first-order valence-corrected chi connectivity index (χ1v) is 8.53. The Bertz CT molecular complexity index is 599. The largest absolute Gasteiger partial charge is 0.376 e. The number of halogens is 1. The fourth-order valence-electron chi connectivity index (χ4n) is 3.45. The molecule has 0 spiro atoms. The Morgan fingerprint density at radius 3 is 2.75 bits per heavy atom. The summed E-state index contributed by atoms with van der Waals surface area (Å²) < 4.78 is 18.9. The molecule has 0 radical (unpaired) electrons. The van der Waals surface area contributed by atoms with Crippen molar-refractivity contribution < 1.29 is 18.7 Å². The van der Waals surface area contributed by atoms with Gasteiger partial charge >= 0.3 is 0 Å². The van der Waals surface area contributed by atoms with Crippen molar-refractivity contribution in [3.8, 4) is 0 Å². The number of amides is 2. The molecule has 130 valence electrons. The maximum Gasteiger partial charge on any atom is 0.225 e. The predicted molar refractivity (Wildman–Crippen MR) is 86.6 cm³/mol. The number of carbonyl (C=O) groups is 2. The molecule has 3 rings (SSSR count). The van der Waals surface area contributed by atoms with Crippen LogP contribution in [-0.4, -0.2) is 42.5 Å². The molecule has 2 heterocycles. The third-order valence-electron chi connectivity index (χ3n) is 4.83. The molecule has 1 N–H and O–H groups in total. The number of nitrogens with one attached hydrogen (secondary N) is 1. The molecule has 2 aliphatic heterocycles. The average Bonchev–Trinajstić information content (AvgIpc) is 3.23. The van der Waals surface area contributed by atoms with Crippen LogP contribution in [0.15, 0.2) is 24.3 Å². The third kappa shape index (κ3) is 3.59. The van der Waals surface area contributed by atoms with Crippen LogP contribution < -0.4 is 5.32 Å². The van der Waals surface area contributed by atoms with E-state index in [-0.39, 0.29) is 42.1 Å². The van der Waals surface area contributed by atoms with Crippen LogP contribution in [0.4, 0.5) is 4.39 Å². The van der Waals surface area contributed by atoms with E-state index in [9.17, 15) is 14.0 Å². The predicted octanol–water partition coefficient (Wildman–Crippen LogP) is 2.03. The zero-order chi connectivity index (χ0) is 17.1. The molecule has 0 saturated carbocycles. The van der Waals surface area contributed by atoms with E-state index in [0.29, 0.717) is 19.7 Å². The molecule has 2 saturated heterocycles. The van der Waals surface area contributed by atoms with Gasteiger partial charge in [-0.1, -0.05) is 12.1 Å². The lowest BCUT2D eigenvalue weighted by Crippen LogP contribution is -2.40. The Labute approximate surface area is 141 Å². The molecule has 2 fully saturated rings. The lowest BCUT2D eigenvalue weighted by Gasteiger charge is -2.26. The van der Waals surface area contributed by atoms with E-state index in [2.05, 4.69) is 5.32 Å². The van der Waals surface area contributed by atoms with Gasteiger partial charge in [-0.2, -0.15) is 0 Å². The maximum atomic E-state index is 13.2. The van der Waals surface area contributed by atoms with Gasteiger partial charge in [-0.3, -0.25) is 9.59 Å². The molecule has 1 aromatic rings. The van der Waals surface area contributed by atoms with Gasteiger partial charge in [0.15, 0.2) is 0 Å². The van der Waals surface area contributed by atoms with Crippen molar-refractivity contribution in [2.75, 3.05) is 19.7 Å². The average molecular weight is 334 g/mol. The molecule has 5 nitrogen and oxygen atoms in total. The molecule has 0 aromatic heterocycles. The highest BCUT2D eigenvalue weighted by atomic mass is 19.1. The summed E-state index contributed by atoms with van der Waals surface area (Å²) in [6.45, 7) is 3.66. The number of nitrogens with zero attached hydrogens (tertiary/aromatic N) is 1. The van der Waals surface area contributed by atoms with Gasteiger partial charge in [0.05, 0.1) is 18.1 Å². The molecule has 0 bridgehead atoms. The van der Waals surface area contributed by atoms with Crippen LogP contribution in [0.25, 0.3) is 0 Å². The second-order valence-electron chi connectivity index (χ2n) is 6.42. The molecular formula is C18H23FN2O3. The highest BCUT2D eigenvalue weighted by molar-refractivity contribution is 5.89. The topological polar surface area (TPSA) is 58.6 Å². The van der Waals surface area contributed by atoms with Crippen molar-refractivity contribution in [3.05, 3.63) is 35.6 Å². The summed E-state index contributed by atoms with van der Waals surface area (Å²) in [5.74, 6) is -0.754. The van der Waals surface area contributed by atoms with Gasteiger partial charge in [0.1, 0.15) is 5.82 Å². The van der Waals surface area contributed by atoms with Gasteiger partial charge in [-0.25, -0.2) is 4.39 Å². The Hall–Kier alpha value is -1.95. The minimum atomic E-state index is -0.332. The van der Waals surface area contributed by atoms with Crippen molar-refractivity contribution in [3.63, 3.8) is 0 Å². The maximum absolute atomic E-state index is 13.2. The van der Waals surface area contributed by atoms with Gasteiger partial charge in [0, 0.05) is 26.1 Å². The number of carbonyl (C=O) groups excluding carboxylic acids is 2. The highest BCUT2D eigenvalue weighted by Crippen LogP contribution is 2.28. The van der Waals surface area contributed by atoms with Crippen molar-refractivity contribution in [1.29, 1.82) is 0 Å². The van der Waals surface area contributed by atoms with E-state index in [1.54, 1.807) is 17.0 Å². The molecule has 2 amide bonds. The summed E-state index contributed by atoms with van der Waals surface area (Å²) >= 11 is 0. The van der Waals surface area contributed by atoms with Crippen molar-refractivity contribution >= 4 is 11.8 Å². The van der Waals surface area contributed by atoms with Crippen LogP contribution >= 0.6 is 0 Å². The minimum Gasteiger partial charge on any atom is -0.376 e. The second-order valence-corrected chi connectivity index (χ2v) is 6.42. The standard InChI is InChI=1S/C18H23FN2O3/c1-2-21-11-13(10-16(21)22)18(23)20-17(15-4-3-9-24-15)12-5-7-14(19)8-6-12/h5-8,13,15,17H,2-4,9-11H2,1H3,(H,20,23)/t13-,15-,17-/m1/s1. The summed E-state index contributed by atoms with van der Waals surface area (Å²) in [5.41, 5.74) is 0.827. The Morgan fingerprint density at radius 1 is 1.42 bits per heavy atom. The van der Waals surface area contributed by atoms with Crippen LogP contribution in [0.3, 0.4) is 0 Å². The van der Waals surface area contributed by atoms with E-state index in [0.717, 1.165) is 18.4 Å². The van der Waals surface area contributed by atoms with Crippen LogP contribution in [0, 0.1) is 11.7 Å². The summed E-state index contributed by atoms with van der Waals surface area (Å²) in [6, 6.07) is 5.83. The number of benzene rings is 1. The number of likely N-dealkylation sites (tertiary alicyclic amines) is 1. The lowest BCUT2D eigenvalue weighted by molar-refractivity contribution is -0.129. The molecule has 0 unspecified atom stereocenters. The normalized spacial score (nSPS) is 25.1. The second kappa shape index (κ2) is 7.30. The van der Waals surface area contributed by atoms with Crippen LogP contribution in [0.5, 0.6) is 0 Å². The first kappa shape index (κ1) is 16.9. The van der Waals surface area contributed by atoms with Crippen molar-refractivity contribution in [2.24, 2.45) is 5.92 Å². The zero-order valence-electron chi connectivity index (χ0n) is 13.8. The Balaban J connectivity index is 1.73. The van der Waals surface area contributed by atoms with E-state index >= 15 is 0 Å². The Kier molecular flexibility index (Phi) is 5.14. The number of hydrogen-bond donors (Lipinski definition) is 1. The molecule has 3 atom stereocenters. The smallest absolute Gasteiger partial charge is 0.225 e. The molecular weight excluding hydrogens is 311 g/mol. The van der Waals surface area contributed by atoms with Gasteiger partial charge < -0.3 is 15.0 Å². The Morgan fingerprint density at radius 2 is 2.17 bits per heavy atom. The first-order valence-electron chi connectivity index (χ1n) is 8.53. The van der Waals surface area contributed by atoms with Crippen LogP contribution in [0.1, 0.15) is 37.8 Å². The zero-order valence-corrected chi connectivity index (χ0v) is 13.8. The highest BCUT2D eigenvalue weighted by Gasteiger charge is 2.36. The molecule has 2 aliphatic rings. The van der Waals surface area contributed by atoms with Crippen LogP contribution in [-0.2, 0) is 14.3 Å². The van der Waals surface area contributed by atoms with E-state index in [1.165, 1.54) is 12.1 Å². The molecule has 6 heteroatoms. The molecule has 1 aromatic carbocycles. The third-order valence-corrected chi connectivity index (χ3v) is 4.83. The van der Waals surface area contributed by atoms with Gasteiger partial charge in [-0.05, 0) is 37.5 Å². The van der Waals surface area contributed by atoms with Crippen LogP contribution in [0.2, 0.25) is 0 Å². The molecule has 24 heavy (non-hydrogen) atoms. The first-order chi connectivity index (χ1) is 11.6. The minimum absolute atomic E-state index is 0.0214. The fourth-order valence-corrected chi connectivity index (χ4v) is 3.45. The van der Waals surface area contributed by atoms with E-state index in [1.807, 2.05) is 6.92 Å². The van der Waals surface area contributed by atoms with Crippen molar-refractivity contribution in [1.82, 2.24) is 10.2 Å². The number of rotatable bonds is 5. The van der Waals surface area contributed by atoms with E-state index in [4.69, 9.17) is 4.74 Å². The van der Waals surface area contributed by atoms with Gasteiger partial charge in [-0.15, -0.1) is 0 Å². The quantitative estimate of drug-likeness (QED) is 0.896. The summed E-state index contributed by atoms with van der Waals surface area (Å²) in [4.78, 5) is 26.2. The molecule has 0 aliphatic carbocycles. The van der Waals surface area contributed by atoms with Gasteiger partial charge in [0.25, 0.3) is 0 Å². The summed E-state index contributed by atoms with van der Waals surface area (Å²) in [7, 11) is 0. The monoisotopic (exact) mass is 334 g/mol. The summed E-state index contributed by atoms with van der Waals surface area (Å²) in [6.07, 6.45) is 1.94. The lowest BCUT2D eigenvalue weighted by atomic mass is 9.97. The number of ether oxygens (including phenoxy) is 1. The fraction of sp³-hybridized carbons (Fsp3) is 0.556. The van der Waals surface area contributed by atoms with Gasteiger partial charge in [0.2, 0.25) is 11.8 Å². The summed E-state index contributed by atoms with van der Waals surface area (Å²) in [5, 5.41) is 3.04. The van der Waals surface area contributed by atoms with Crippen molar-refractivity contribution in [2.45, 2.75) is 38.3 Å². The number of hydrogen-bond acceptors (Lipinski definition) is 3. The SMILES string of the molecule is CCN1C[C@H](C(=O)N[C@H](c2ccc(F)cc2)[C@H]2CCCO2)CC1=O.